The number of carbonyl (C=O) groups excluding carboxylic acids is 1. The number of imidazole rings is 1. The average Bonchev–Trinajstić information content (AvgIpc) is 3.04. The number of carbonyl (C=O) groups is 1. The van der Waals surface area contributed by atoms with Crippen LogP contribution in [0.2, 0.25) is 0 Å². The molecule has 0 amide bonds. The molecular formula is C23H25N3O3. The Kier molecular flexibility index (Phi) is 5.01. The quantitative estimate of drug-likeness (QED) is 0.640. The third kappa shape index (κ3) is 3.46. The van der Waals surface area contributed by atoms with Crippen LogP contribution in [0.4, 0.5) is 5.95 Å². The number of para-hydroxylation sites is 2. The molecule has 0 bridgehead atoms. The molecule has 2 heterocycles. The van der Waals surface area contributed by atoms with Gasteiger partial charge in [-0.1, -0.05) is 24.3 Å². The molecule has 0 unspecified atom stereocenters. The zero-order valence-corrected chi connectivity index (χ0v) is 17.1. The molecule has 29 heavy (non-hydrogen) atoms. The molecule has 1 aliphatic rings. The number of nitrogens with one attached hydrogen (secondary N) is 1. The van der Waals surface area contributed by atoms with Crippen molar-refractivity contribution in [2.24, 2.45) is 0 Å². The van der Waals surface area contributed by atoms with Gasteiger partial charge in [0.15, 0.2) is 0 Å². The van der Waals surface area contributed by atoms with Gasteiger partial charge in [0.05, 0.1) is 35.4 Å². The zero-order valence-electron chi connectivity index (χ0n) is 17.1. The molecule has 0 aliphatic carbocycles. The highest BCUT2D eigenvalue weighted by molar-refractivity contribution is 5.94. The second-order valence-electron chi connectivity index (χ2n) is 7.32. The Hall–Kier alpha value is -3.28. The summed E-state index contributed by atoms with van der Waals surface area (Å²) in [5.74, 6) is 1.14. The van der Waals surface area contributed by atoms with Gasteiger partial charge in [0, 0.05) is 5.70 Å². The molecule has 0 radical (unpaired) electrons. The van der Waals surface area contributed by atoms with Crippen LogP contribution in [-0.2, 0) is 9.53 Å². The van der Waals surface area contributed by atoms with Crippen LogP contribution in [0.5, 0.6) is 5.75 Å². The maximum absolute atomic E-state index is 13.1. The first-order valence-electron chi connectivity index (χ1n) is 9.88. The molecule has 1 aliphatic heterocycles. The SMILES string of the molecule is CCOc1cccc([C@H]2C(C(=O)OC(C)C)=C(C)Nc3nc4ccccc4n32)c1. The standard InChI is InChI=1S/C23H25N3O3/c1-5-28-17-10-8-9-16(13-17)21-20(22(27)29-14(2)3)15(4)24-23-25-18-11-6-7-12-19(18)26(21)23/h6-14,21H,5H2,1-4H3,(H,24,25)/t21-/m0/s1. The number of aromatic nitrogens is 2. The number of esters is 1. The minimum absolute atomic E-state index is 0.209. The molecule has 0 saturated carbocycles. The molecule has 1 N–H and O–H groups in total. The fourth-order valence-electron chi connectivity index (χ4n) is 3.76. The van der Waals surface area contributed by atoms with Crippen LogP contribution in [0.25, 0.3) is 11.0 Å². The number of hydrogen-bond donors (Lipinski definition) is 1. The second kappa shape index (κ2) is 7.62. The molecule has 6 heteroatoms. The summed E-state index contributed by atoms with van der Waals surface area (Å²) in [4.78, 5) is 17.8. The molecule has 0 spiro atoms. The summed E-state index contributed by atoms with van der Waals surface area (Å²) in [6.07, 6.45) is -0.209. The van der Waals surface area contributed by atoms with E-state index in [1.165, 1.54) is 0 Å². The summed E-state index contributed by atoms with van der Waals surface area (Å²) in [5.41, 5.74) is 4.07. The van der Waals surface area contributed by atoms with Crippen molar-refractivity contribution in [3.05, 3.63) is 65.4 Å². The highest BCUT2D eigenvalue weighted by Gasteiger charge is 2.35. The smallest absolute Gasteiger partial charge is 0.338 e. The van der Waals surface area contributed by atoms with Gasteiger partial charge < -0.3 is 14.8 Å². The molecule has 2 aromatic carbocycles. The average molecular weight is 391 g/mol. The number of anilines is 1. The van der Waals surface area contributed by atoms with E-state index in [-0.39, 0.29) is 18.1 Å². The molecular weight excluding hydrogens is 366 g/mol. The molecule has 1 aromatic heterocycles. The third-order valence-electron chi connectivity index (χ3n) is 4.88. The first-order chi connectivity index (χ1) is 14.0. The van der Waals surface area contributed by atoms with Gasteiger partial charge in [-0.3, -0.25) is 4.57 Å². The Morgan fingerprint density at radius 3 is 2.76 bits per heavy atom. The van der Waals surface area contributed by atoms with Gasteiger partial charge in [0.2, 0.25) is 5.95 Å². The molecule has 1 atom stereocenters. The summed E-state index contributed by atoms with van der Waals surface area (Å²) >= 11 is 0. The van der Waals surface area contributed by atoms with Gasteiger partial charge in [0.1, 0.15) is 5.75 Å². The number of allylic oxidation sites excluding steroid dienone is 1. The third-order valence-corrected chi connectivity index (χ3v) is 4.88. The molecule has 3 aromatic rings. The van der Waals surface area contributed by atoms with Gasteiger partial charge in [0.25, 0.3) is 0 Å². The van der Waals surface area contributed by atoms with Crippen LogP contribution in [0.15, 0.2) is 59.8 Å². The van der Waals surface area contributed by atoms with E-state index in [1.54, 1.807) is 0 Å². The lowest BCUT2D eigenvalue weighted by Crippen LogP contribution is -2.30. The number of ether oxygens (including phenoxy) is 2. The topological polar surface area (TPSA) is 65.4 Å². The minimum atomic E-state index is -0.370. The van der Waals surface area contributed by atoms with Gasteiger partial charge in [-0.25, -0.2) is 9.78 Å². The van der Waals surface area contributed by atoms with Gasteiger partial charge in [-0.15, -0.1) is 0 Å². The minimum Gasteiger partial charge on any atom is -0.494 e. The Labute approximate surface area is 170 Å². The molecule has 150 valence electrons. The largest absolute Gasteiger partial charge is 0.494 e. The fourth-order valence-corrected chi connectivity index (χ4v) is 3.76. The summed E-state index contributed by atoms with van der Waals surface area (Å²) in [6, 6.07) is 15.4. The molecule has 4 rings (SSSR count). The van der Waals surface area contributed by atoms with Crippen LogP contribution in [0.3, 0.4) is 0 Å². The molecule has 0 saturated heterocycles. The predicted molar refractivity (Wildman–Crippen MR) is 113 cm³/mol. The monoisotopic (exact) mass is 391 g/mol. The van der Waals surface area contributed by atoms with E-state index < -0.39 is 0 Å². The van der Waals surface area contributed by atoms with Crippen molar-refractivity contribution in [2.75, 3.05) is 11.9 Å². The maximum atomic E-state index is 13.1. The Morgan fingerprint density at radius 1 is 1.21 bits per heavy atom. The van der Waals surface area contributed by atoms with Crippen LogP contribution in [0, 0.1) is 0 Å². The second-order valence-corrected chi connectivity index (χ2v) is 7.32. The Morgan fingerprint density at radius 2 is 2.00 bits per heavy atom. The van der Waals surface area contributed by atoms with E-state index in [1.807, 2.05) is 76.2 Å². The van der Waals surface area contributed by atoms with Crippen molar-refractivity contribution in [1.29, 1.82) is 0 Å². The Balaban J connectivity index is 1.93. The number of rotatable bonds is 5. The number of fused-ring (bicyclic) bond motifs is 3. The summed E-state index contributed by atoms with van der Waals surface area (Å²) < 4.78 is 13.4. The fraction of sp³-hybridized carbons (Fsp3) is 0.304. The van der Waals surface area contributed by atoms with E-state index in [9.17, 15) is 4.79 Å². The number of benzene rings is 2. The molecule has 6 nitrogen and oxygen atoms in total. The Bertz CT molecular complexity index is 1100. The predicted octanol–water partition coefficient (Wildman–Crippen LogP) is 4.68. The highest BCUT2D eigenvalue weighted by Crippen LogP contribution is 2.40. The molecule has 0 fully saturated rings. The lowest BCUT2D eigenvalue weighted by atomic mass is 9.95. The normalized spacial score (nSPS) is 16.0. The maximum Gasteiger partial charge on any atom is 0.338 e. The van der Waals surface area contributed by atoms with E-state index in [0.717, 1.165) is 28.0 Å². The van der Waals surface area contributed by atoms with Crippen molar-refractivity contribution in [2.45, 2.75) is 39.8 Å². The summed E-state index contributed by atoms with van der Waals surface area (Å²) in [5, 5.41) is 3.29. The first kappa shape index (κ1) is 19.1. The van der Waals surface area contributed by atoms with Gasteiger partial charge >= 0.3 is 5.97 Å². The van der Waals surface area contributed by atoms with E-state index in [2.05, 4.69) is 9.88 Å². The van der Waals surface area contributed by atoms with Crippen LogP contribution < -0.4 is 10.1 Å². The number of nitrogens with zero attached hydrogens (tertiary/aromatic N) is 2. The first-order valence-corrected chi connectivity index (χ1v) is 9.88. The lowest BCUT2D eigenvalue weighted by molar-refractivity contribution is -0.143. The van der Waals surface area contributed by atoms with E-state index in [4.69, 9.17) is 14.5 Å². The van der Waals surface area contributed by atoms with Crippen molar-refractivity contribution < 1.29 is 14.3 Å². The number of hydrogen-bond acceptors (Lipinski definition) is 5. The van der Waals surface area contributed by atoms with Crippen molar-refractivity contribution >= 4 is 23.0 Å². The highest BCUT2D eigenvalue weighted by atomic mass is 16.5. The van der Waals surface area contributed by atoms with E-state index >= 15 is 0 Å². The van der Waals surface area contributed by atoms with Crippen LogP contribution in [0.1, 0.15) is 39.3 Å². The summed E-state index contributed by atoms with van der Waals surface area (Å²) in [6.45, 7) is 8.12. The van der Waals surface area contributed by atoms with Crippen molar-refractivity contribution in [3.8, 4) is 5.75 Å². The van der Waals surface area contributed by atoms with Crippen LogP contribution in [-0.4, -0.2) is 28.2 Å². The van der Waals surface area contributed by atoms with E-state index in [0.29, 0.717) is 18.1 Å². The van der Waals surface area contributed by atoms with Crippen molar-refractivity contribution in [1.82, 2.24) is 9.55 Å². The summed E-state index contributed by atoms with van der Waals surface area (Å²) in [7, 11) is 0. The van der Waals surface area contributed by atoms with Gasteiger partial charge in [-0.05, 0) is 57.5 Å². The zero-order chi connectivity index (χ0) is 20.5. The lowest BCUT2D eigenvalue weighted by Gasteiger charge is -2.30. The van der Waals surface area contributed by atoms with Gasteiger partial charge in [-0.2, -0.15) is 0 Å². The van der Waals surface area contributed by atoms with Crippen molar-refractivity contribution in [3.63, 3.8) is 0 Å². The van der Waals surface area contributed by atoms with Crippen LogP contribution >= 0.6 is 0 Å².